The van der Waals surface area contributed by atoms with E-state index in [0.29, 0.717) is 16.3 Å². The lowest BCUT2D eigenvalue weighted by molar-refractivity contribution is -0.136. The van der Waals surface area contributed by atoms with E-state index in [0.717, 1.165) is 17.0 Å². The Morgan fingerprint density at radius 3 is 2.64 bits per heavy atom. The van der Waals surface area contributed by atoms with Crippen LogP contribution in [0.4, 0.5) is 5.69 Å². The summed E-state index contributed by atoms with van der Waals surface area (Å²) < 4.78 is 1.87. The van der Waals surface area contributed by atoms with E-state index in [1.54, 1.807) is 36.5 Å². The van der Waals surface area contributed by atoms with Gasteiger partial charge in [-0.3, -0.25) is 14.3 Å². The van der Waals surface area contributed by atoms with E-state index in [9.17, 15) is 9.59 Å². The number of anilines is 1. The average molecular weight is 417 g/mol. The van der Waals surface area contributed by atoms with E-state index in [1.807, 2.05) is 41.4 Å². The minimum absolute atomic E-state index is 0.190. The fraction of sp³-hybridized carbons (Fsp3) is 0.250. The molecule has 1 aromatic carbocycles. The number of aryl methyl sites for hydroxylation is 2. The summed E-state index contributed by atoms with van der Waals surface area (Å²) >= 11 is 7.64. The quantitative estimate of drug-likeness (QED) is 0.620. The van der Waals surface area contributed by atoms with Crippen molar-refractivity contribution >= 4 is 40.4 Å². The van der Waals surface area contributed by atoms with Crippen molar-refractivity contribution in [2.24, 2.45) is 0 Å². The second-order valence-electron chi connectivity index (χ2n) is 6.52. The molecule has 0 aliphatic heterocycles. The summed E-state index contributed by atoms with van der Waals surface area (Å²) in [6.45, 7) is 5.92. The molecule has 2 amide bonds. The lowest BCUT2D eigenvalue weighted by atomic mass is 10.1. The third-order valence-electron chi connectivity index (χ3n) is 4.45. The maximum Gasteiger partial charge on any atom is 0.313 e. The minimum Gasteiger partial charge on any atom is -0.345 e. The highest BCUT2D eigenvalue weighted by atomic mass is 35.5. The van der Waals surface area contributed by atoms with Gasteiger partial charge in [-0.05, 0) is 66.9 Å². The summed E-state index contributed by atoms with van der Waals surface area (Å²) in [5.74, 6) is -1.44. The topological polar surface area (TPSA) is 76.0 Å². The highest BCUT2D eigenvalue weighted by Gasteiger charge is 2.21. The Kier molecular flexibility index (Phi) is 6.16. The number of halogens is 1. The van der Waals surface area contributed by atoms with Crippen LogP contribution in [0.1, 0.15) is 28.6 Å². The first-order chi connectivity index (χ1) is 13.4. The molecule has 8 heteroatoms. The van der Waals surface area contributed by atoms with Gasteiger partial charge in [-0.2, -0.15) is 16.4 Å². The normalized spacial score (nSPS) is 11.9. The molecule has 3 aromatic rings. The molecule has 0 fully saturated rings. The average Bonchev–Trinajstić information content (AvgIpc) is 3.29. The van der Waals surface area contributed by atoms with Gasteiger partial charge in [-0.25, -0.2) is 0 Å². The highest BCUT2D eigenvalue weighted by Crippen LogP contribution is 2.23. The Morgan fingerprint density at radius 2 is 2.00 bits per heavy atom. The van der Waals surface area contributed by atoms with Crippen LogP contribution >= 0.6 is 22.9 Å². The number of benzene rings is 1. The van der Waals surface area contributed by atoms with Crippen molar-refractivity contribution < 1.29 is 9.59 Å². The molecule has 6 nitrogen and oxygen atoms in total. The van der Waals surface area contributed by atoms with Gasteiger partial charge in [0.25, 0.3) is 0 Å². The Hall–Kier alpha value is -2.64. The number of thiophene rings is 1. The monoisotopic (exact) mass is 416 g/mol. The third-order valence-corrected chi connectivity index (χ3v) is 5.56. The standard InChI is InChI=1S/C20H21ClN4O2S/c1-12-9-13(2)25(24-12)18(15-7-8-28-11-15)10-22-19(26)20(27)23-17-6-4-5-16(21)14(17)3/h4-9,11,18H,10H2,1-3H3,(H,22,26)(H,23,27)/t18-/m1/s1. The first-order valence-electron chi connectivity index (χ1n) is 8.76. The van der Waals surface area contributed by atoms with Crippen LogP contribution in [-0.2, 0) is 9.59 Å². The van der Waals surface area contributed by atoms with E-state index in [-0.39, 0.29) is 12.6 Å². The van der Waals surface area contributed by atoms with Crippen molar-refractivity contribution in [1.82, 2.24) is 15.1 Å². The van der Waals surface area contributed by atoms with Gasteiger partial charge in [0.2, 0.25) is 0 Å². The fourth-order valence-electron chi connectivity index (χ4n) is 2.96. The van der Waals surface area contributed by atoms with E-state index < -0.39 is 11.8 Å². The number of amides is 2. The molecular formula is C20H21ClN4O2S. The predicted molar refractivity (Wildman–Crippen MR) is 112 cm³/mol. The highest BCUT2D eigenvalue weighted by molar-refractivity contribution is 7.08. The molecule has 146 valence electrons. The van der Waals surface area contributed by atoms with Crippen molar-refractivity contribution in [1.29, 1.82) is 0 Å². The van der Waals surface area contributed by atoms with Gasteiger partial charge in [-0.1, -0.05) is 17.7 Å². The molecule has 0 saturated heterocycles. The van der Waals surface area contributed by atoms with E-state index in [2.05, 4.69) is 15.7 Å². The molecule has 0 aliphatic rings. The molecular weight excluding hydrogens is 396 g/mol. The lowest BCUT2D eigenvalue weighted by Crippen LogP contribution is -2.39. The van der Waals surface area contributed by atoms with Crippen LogP contribution < -0.4 is 10.6 Å². The van der Waals surface area contributed by atoms with E-state index in [1.165, 1.54) is 0 Å². The second-order valence-corrected chi connectivity index (χ2v) is 7.71. The fourth-order valence-corrected chi connectivity index (χ4v) is 3.84. The van der Waals surface area contributed by atoms with Crippen LogP contribution in [-0.4, -0.2) is 28.1 Å². The number of carbonyl (C=O) groups excluding carboxylic acids is 2. The van der Waals surface area contributed by atoms with Crippen LogP contribution in [0.15, 0.2) is 41.1 Å². The van der Waals surface area contributed by atoms with Crippen molar-refractivity contribution in [2.45, 2.75) is 26.8 Å². The molecule has 1 atom stereocenters. The number of nitrogens with zero attached hydrogens (tertiary/aromatic N) is 2. The van der Waals surface area contributed by atoms with Gasteiger partial charge in [0, 0.05) is 22.9 Å². The Morgan fingerprint density at radius 1 is 1.21 bits per heavy atom. The smallest absolute Gasteiger partial charge is 0.313 e. The van der Waals surface area contributed by atoms with Crippen molar-refractivity contribution in [3.63, 3.8) is 0 Å². The first-order valence-corrected chi connectivity index (χ1v) is 10.1. The Bertz CT molecular complexity index is 998. The zero-order valence-electron chi connectivity index (χ0n) is 15.8. The van der Waals surface area contributed by atoms with Crippen molar-refractivity contribution in [2.75, 3.05) is 11.9 Å². The predicted octanol–water partition coefficient (Wildman–Crippen LogP) is 3.87. The molecule has 3 rings (SSSR count). The number of carbonyl (C=O) groups is 2. The third kappa shape index (κ3) is 4.43. The van der Waals surface area contributed by atoms with Crippen LogP contribution in [0.5, 0.6) is 0 Å². The van der Waals surface area contributed by atoms with Gasteiger partial charge in [0.05, 0.1) is 11.7 Å². The molecule has 2 aromatic heterocycles. The van der Waals surface area contributed by atoms with Crippen LogP contribution in [0, 0.1) is 20.8 Å². The lowest BCUT2D eigenvalue weighted by Gasteiger charge is -2.19. The number of hydrogen-bond acceptors (Lipinski definition) is 4. The Labute approximate surface area is 172 Å². The summed E-state index contributed by atoms with van der Waals surface area (Å²) in [6, 6.07) is 8.94. The van der Waals surface area contributed by atoms with Crippen LogP contribution in [0.2, 0.25) is 5.02 Å². The van der Waals surface area contributed by atoms with Gasteiger partial charge in [0.15, 0.2) is 0 Å². The molecule has 2 heterocycles. The SMILES string of the molecule is Cc1cc(C)n([C@H](CNC(=O)C(=O)Nc2cccc(Cl)c2C)c2ccsc2)n1. The van der Waals surface area contributed by atoms with Crippen molar-refractivity contribution in [3.05, 3.63) is 68.6 Å². The first kappa shape index (κ1) is 20.1. The maximum atomic E-state index is 12.4. The molecule has 0 radical (unpaired) electrons. The number of aromatic nitrogens is 2. The molecule has 0 aliphatic carbocycles. The van der Waals surface area contributed by atoms with Gasteiger partial charge >= 0.3 is 11.8 Å². The van der Waals surface area contributed by atoms with Gasteiger partial charge < -0.3 is 10.6 Å². The Balaban J connectivity index is 1.71. The molecule has 2 N–H and O–H groups in total. The van der Waals surface area contributed by atoms with Crippen LogP contribution in [0.25, 0.3) is 0 Å². The van der Waals surface area contributed by atoms with Gasteiger partial charge in [-0.15, -0.1) is 0 Å². The van der Waals surface area contributed by atoms with Gasteiger partial charge in [0.1, 0.15) is 0 Å². The maximum absolute atomic E-state index is 12.4. The van der Waals surface area contributed by atoms with Crippen molar-refractivity contribution in [3.8, 4) is 0 Å². The zero-order chi connectivity index (χ0) is 20.3. The second kappa shape index (κ2) is 8.58. The zero-order valence-corrected chi connectivity index (χ0v) is 17.4. The number of hydrogen-bond donors (Lipinski definition) is 2. The summed E-state index contributed by atoms with van der Waals surface area (Å²) in [6.07, 6.45) is 0. The largest absolute Gasteiger partial charge is 0.345 e. The summed E-state index contributed by atoms with van der Waals surface area (Å²) in [7, 11) is 0. The summed E-state index contributed by atoms with van der Waals surface area (Å²) in [5, 5.41) is 14.4. The number of nitrogens with one attached hydrogen (secondary N) is 2. The summed E-state index contributed by atoms with van der Waals surface area (Å²) in [5.41, 5.74) is 4.15. The molecule has 0 spiro atoms. The molecule has 28 heavy (non-hydrogen) atoms. The van der Waals surface area contributed by atoms with E-state index in [4.69, 9.17) is 11.6 Å². The minimum atomic E-state index is -0.734. The summed E-state index contributed by atoms with van der Waals surface area (Å²) in [4.78, 5) is 24.7. The molecule has 0 saturated carbocycles. The van der Waals surface area contributed by atoms with E-state index >= 15 is 0 Å². The molecule has 0 bridgehead atoms. The number of rotatable bonds is 5. The van der Waals surface area contributed by atoms with Crippen LogP contribution in [0.3, 0.4) is 0 Å². The molecule has 0 unspecified atom stereocenters.